The molecule has 0 saturated heterocycles. The maximum absolute atomic E-state index is 4.89. The van der Waals surface area contributed by atoms with Crippen LogP contribution >= 0.6 is 0 Å². The predicted octanol–water partition coefficient (Wildman–Crippen LogP) is 1.27. The minimum atomic E-state index is 0.512. The van der Waals surface area contributed by atoms with E-state index in [1.807, 2.05) is 6.92 Å². The summed E-state index contributed by atoms with van der Waals surface area (Å²) >= 11 is 0. The van der Waals surface area contributed by atoms with Crippen LogP contribution in [0.2, 0.25) is 0 Å². The highest BCUT2D eigenvalue weighted by molar-refractivity contribution is 6.38. The van der Waals surface area contributed by atoms with E-state index in [2.05, 4.69) is 16.6 Å². The molecule has 0 aliphatic heterocycles. The number of methoxy groups -OCH3 is 1. The van der Waals surface area contributed by atoms with E-state index in [0.29, 0.717) is 5.90 Å². The molecule has 0 radical (unpaired) electrons. The van der Waals surface area contributed by atoms with Crippen LogP contribution in [0, 0.1) is 0 Å². The zero-order valence-corrected chi connectivity index (χ0v) is 6.59. The molecule has 0 atom stereocenters. The number of hydrogen-bond acceptors (Lipinski definition) is 3. The first-order valence-electron chi connectivity index (χ1n) is 2.92. The number of hydrogen-bond donors (Lipinski definition) is 0. The van der Waals surface area contributed by atoms with E-state index in [1.165, 1.54) is 6.20 Å². The lowest BCUT2D eigenvalue weighted by atomic mass is 10.4. The molecule has 3 heteroatoms. The van der Waals surface area contributed by atoms with Gasteiger partial charge in [-0.1, -0.05) is 6.58 Å². The summed E-state index contributed by atoms with van der Waals surface area (Å²) in [6.07, 6.45) is 1.42. The van der Waals surface area contributed by atoms with E-state index in [4.69, 9.17) is 4.74 Å². The SMILES string of the molecule is C=CN=C(OC)C(C)=NC. The second-order valence-corrected chi connectivity index (χ2v) is 1.63. The zero-order chi connectivity index (χ0) is 7.98. The van der Waals surface area contributed by atoms with Crippen LogP contribution in [0.15, 0.2) is 22.8 Å². The van der Waals surface area contributed by atoms with E-state index in [1.54, 1.807) is 14.2 Å². The molecule has 56 valence electrons. The van der Waals surface area contributed by atoms with Crippen LogP contribution in [0.25, 0.3) is 0 Å². The Labute approximate surface area is 61.1 Å². The van der Waals surface area contributed by atoms with Crippen molar-refractivity contribution >= 4 is 11.6 Å². The maximum Gasteiger partial charge on any atom is 0.234 e. The molecule has 0 heterocycles. The van der Waals surface area contributed by atoms with Crippen LogP contribution in [-0.2, 0) is 4.74 Å². The first-order chi connectivity index (χ1) is 4.76. The van der Waals surface area contributed by atoms with Gasteiger partial charge in [0.05, 0.1) is 12.8 Å². The molecule has 0 amide bonds. The third-order valence-corrected chi connectivity index (χ3v) is 1.05. The Kier molecular flexibility index (Phi) is 4.20. The van der Waals surface area contributed by atoms with Crippen molar-refractivity contribution in [2.24, 2.45) is 9.98 Å². The molecule has 0 aromatic heterocycles. The topological polar surface area (TPSA) is 34.0 Å². The van der Waals surface area contributed by atoms with Crippen molar-refractivity contribution in [2.45, 2.75) is 6.92 Å². The van der Waals surface area contributed by atoms with Gasteiger partial charge in [-0.2, -0.15) is 0 Å². The fraction of sp³-hybridized carbons (Fsp3) is 0.429. The quantitative estimate of drug-likeness (QED) is 0.420. The van der Waals surface area contributed by atoms with Gasteiger partial charge in [0.25, 0.3) is 0 Å². The summed E-state index contributed by atoms with van der Waals surface area (Å²) in [5.41, 5.74) is 0.766. The van der Waals surface area contributed by atoms with Crippen molar-refractivity contribution < 1.29 is 4.74 Å². The summed E-state index contributed by atoms with van der Waals surface area (Å²) in [6.45, 7) is 5.27. The van der Waals surface area contributed by atoms with Crippen LogP contribution in [0.5, 0.6) is 0 Å². The lowest BCUT2D eigenvalue weighted by Gasteiger charge is -2.00. The van der Waals surface area contributed by atoms with Gasteiger partial charge in [0.1, 0.15) is 0 Å². The van der Waals surface area contributed by atoms with Crippen molar-refractivity contribution in [1.82, 2.24) is 0 Å². The average Bonchev–Trinajstić information content (AvgIpc) is 1.99. The summed E-state index contributed by atoms with van der Waals surface area (Å²) in [5, 5.41) is 0. The Hall–Kier alpha value is -1.12. The third kappa shape index (κ3) is 2.44. The normalized spacial score (nSPS) is 13.1. The fourth-order valence-electron chi connectivity index (χ4n) is 0.472. The molecule has 0 aromatic carbocycles. The highest BCUT2D eigenvalue weighted by atomic mass is 16.5. The van der Waals surface area contributed by atoms with E-state index in [9.17, 15) is 0 Å². The lowest BCUT2D eigenvalue weighted by molar-refractivity contribution is 0.411. The fourth-order valence-corrected chi connectivity index (χ4v) is 0.472. The Morgan fingerprint density at radius 3 is 2.50 bits per heavy atom. The van der Waals surface area contributed by atoms with Gasteiger partial charge in [-0.15, -0.1) is 0 Å². The van der Waals surface area contributed by atoms with Crippen LogP contribution in [-0.4, -0.2) is 25.8 Å². The largest absolute Gasteiger partial charge is 0.480 e. The number of rotatable bonds is 2. The summed E-state index contributed by atoms with van der Waals surface area (Å²) in [5.74, 6) is 0.512. The molecule has 3 nitrogen and oxygen atoms in total. The number of ether oxygens (including phenoxy) is 1. The van der Waals surface area contributed by atoms with Gasteiger partial charge < -0.3 is 4.74 Å². The minimum Gasteiger partial charge on any atom is -0.480 e. The van der Waals surface area contributed by atoms with E-state index < -0.39 is 0 Å². The van der Waals surface area contributed by atoms with Crippen LogP contribution in [0.1, 0.15) is 6.92 Å². The summed E-state index contributed by atoms with van der Waals surface area (Å²) in [6, 6.07) is 0. The Morgan fingerprint density at radius 1 is 1.60 bits per heavy atom. The Balaban J connectivity index is 4.35. The minimum absolute atomic E-state index is 0.512. The van der Waals surface area contributed by atoms with Crippen LogP contribution < -0.4 is 0 Å². The van der Waals surface area contributed by atoms with Gasteiger partial charge in [0.2, 0.25) is 5.90 Å². The summed E-state index contributed by atoms with van der Waals surface area (Å²) in [4.78, 5) is 7.73. The molecule has 0 bridgehead atoms. The van der Waals surface area contributed by atoms with Crippen LogP contribution in [0.3, 0.4) is 0 Å². The highest BCUT2D eigenvalue weighted by Gasteiger charge is 1.98. The smallest absolute Gasteiger partial charge is 0.234 e. The molecule has 0 aliphatic rings. The predicted molar refractivity (Wildman–Crippen MR) is 43.7 cm³/mol. The highest BCUT2D eigenvalue weighted by Crippen LogP contribution is 1.85. The Bertz CT molecular complexity index is 170. The molecule has 0 N–H and O–H groups in total. The summed E-state index contributed by atoms with van der Waals surface area (Å²) in [7, 11) is 3.24. The second kappa shape index (κ2) is 4.73. The lowest BCUT2D eigenvalue weighted by Crippen LogP contribution is -2.11. The average molecular weight is 140 g/mol. The van der Waals surface area contributed by atoms with Crippen LogP contribution in [0.4, 0.5) is 0 Å². The first-order valence-corrected chi connectivity index (χ1v) is 2.92. The van der Waals surface area contributed by atoms with Gasteiger partial charge in [-0.3, -0.25) is 4.99 Å². The molecule has 10 heavy (non-hydrogen) atoms. The molecule has 0 fully saturated rings. The molecule has 0 spiro atoms. The number of nitrogens with zero attached hydrogens (tertiary/aromatic N) is 2. The van der Waals surface area contributed by atoms with Gasteiger partial charge in [0, 0.05) is 13.2 Å². The molecular weight excluding hydrogens is 128 g/mol. The Morgan fingerprint density at radius 2 is 2.20 bits per heavy atom. The number of aliphatic imine (C=N–C) groups is 2. The van der Waals surface area contributed by atoms with E-state index >= 15 is 0 Å². The van der Waals surface area contributed by atoms with E-state index in [0.717, 1.165) is 5.71 Å². The van der Waals surface area contributed by atoms with Crippen molar-refractivity contribution in [3.63, 3.8) is 0 Å². The maximum atomic E-state index is 4.89. The monoisotopic (exact) mass is 140 g/mol. The first kappa shape index (κ1) is 8.88. The van der Waals surface area contributed by atoms with Crippen molar-refractivity contribution in [3.8, 4) is 0 Å². The molecule has 0 saturated carbocycles. The molecule has 0 rings (SSSR count). The van der Waals surface area contributed by atoms with Crippen molar-refractivity contribution in [1.29, 1.82) is 0 Å². The van der Waals surface area contributed by atoms with Gasteiger partial charge >= 0.3 is 0 Å². The summed E-state index contributed by atoms with van der Waals surface area (Å²) < 4.78 is 4.89. The molecule has 0 aliphatic carbocycles. The van der Waals surface area contributed by atoms with Gasteiger partial charge in [0.15, 0.2) is 0 Å². The molecular formula is C7H12N2O. The van der Waals surface area contributed by atoms with Crippen molar-refractivity contribution in [3.05, 3.63) is 12.8 Å². The van der Waals surface area contributed by atoms with Gasteiger partial charge in [-0.05, 0) is 6.92 Å². The second-order valence-electron chi connectivity index (χ2n) is 1.63. The third-order valence-electron chi connectivity index (χ3n) is 1.05. The molecule has 0 aromatic rings. The van der Waals surface area contributed by atoms with Crippen molar-refractivity contribution in [2.75, 3.05) is 14.2 Å². The molecule has 0 unspecified atom stereocenters. The zero-order valence-electron chi connectivity index (χ0n) is 6.59. The standard InChI is InChI=1S/C7H12N2O/c1-5-9-7(10-4)6(2)8-3/h5H,1H2,2-4H3. The van der Waals surface area contributed by atoms with E-state index in [-0.39, 0.29) is 0 Å². The van der Waals surface area contributed by atoms with Gasteiger partial charge in [-0.25, -0.2) is 4.99 Å².